The average Bonchev–Trinajstić information content (AvgIpc) is 2.63. The number of esters is 1. The SMILES string of the molecule is CC[C@H]1C(=O)N(c2ccc(C)cc2)C(=O)[C@@H]2C(=O)Oc3ccccc3[C@@H]21. The van der Waals surface area contributed by atoms with Crippen molar-refractivity contribution in [2.24, 2.45) is 11.8 Å². The summed E-state index contributed by atoms with van der Waals surface area (Å²) in [7, 11) is 0. The third-order valence-corrected chi connectivity index (χ3v) is 5.29. The van der Waals surface area contributed by atoms with Crippen molar-refractivity contribution < 1.29 is 19.1 Å². The summed E-state index contributed by atoms with van der Waals surface area (Å²) in [5.74, 6) is -2.82. The Balaban J connectivity index is 1.84. The van der Waals surface area contributed by atoms with Gasteiger partial charge in [0, 0.05) is 17.4 Å². The van der Waals surface area contributed by atoms with Crippen molar-refractivity contribution in [2.75, 3.05) is 4.90 Å². The van der Waals surface area contributed by atoms with Gasteiger partial charge in [0.15, 0.2) is 0 Å². The molecule has 2 aromatic rings. The zero-order valence-corrected chi connectivity index (χ0v) is 14.6. The third kappa shape index (κ3) is 2.35. The Bertz CT molecular complexity index is 902. The second-order valence-electron chi connectivity index (χ2n) is 6.82. The van der Waals surface area contributed by atoms with E-state index in [1.807, 2.05) is 38.1 Å². The van der Waals surface area contributed by atoms with Gasteiger partial charge >= 0.3 is 5.97 Å². The first-order valence-corrected chi connectivity index (χ1v) is 8.78. The second-order valence-corrected chi connectivity index (χ2v) is 6.82. The number of piperidine rings is 1. The van der Waals surface area contributed by atoms with Crippen molar-refractivity contribution in [1.82, 2.24) is 0 Å². The predicted molar refractivity (Wildman–Crippen MR) is 95.8 cm³/mol. The van der Waals surface area contributed by atoms with Gasteiger partial charge in [-0.15, -0.1) is 0 Å². The molecular formula is C21H19NO4. The van der Waals surface area contributed by atoms with Crippen LogP contribution in [0.1, 0.15) is 30.4 Å². The Labute approximate surface area is 151 Å². The molecule has 2 aromatic carbocycles. The van der Waals surface area contributed by atoms with E-state index in [1.165, 1.54) is 0 Å². The van der Waals surface area contributed by atoms with Crippen LogP contribution in [0.2, 0.25) is 0 Å². The number of aryl methyl sites for hydroxylation is 1. The highest BCUT2D eigenvalue weighted by Crippen LogP contribution is 2.47. The number of carbonyl (C=O) groups excluding carboxylic acids is 3. The van der Waals surface area contributed by atoms with E-state index in [9.17, 15) is 14.4 Å². The van der Waals surface area contributed by atoms with Gasteiger partial charge in [-0.1, -0.05) is 42.8 Å². The number of imide groups is 1. The summed E-state index contributed by atoms with van der Waals surface area (Å²) in [6.45, 7) is 3.84. The van der Waals surface area contributed by atoms with Crippen LogP contribution in [-0.4, -0.2) is 17.8 Å². The van der Waals surface area contributed by atoms with Gasteiger partial charge in [-0.3, -0.25) is 14.4 Å². The molecule has 1 saturated heterocycles. The van der Waals surface area contributed by atoms with Crippen molar-refractivity contribution in [2.45, 2.75) is 26.2 Å². The zero-order valence-electron chi connectivity index (χ0n) is 14.6. The van der Waals surface area contributed by atoms with Crippen molar-refractivity contribution in [3.05, 3.63) is 59.7 Å². The maximum atomic E-state index is 13.2. The maximum Gasteiger partial charge on any atom is 0.324 e. The summed E-state index contributed by atoms with van der Waals surface area (Å²) in [4.78, 5) is 40.1. The maximum absolute atomic E-state index is 13.2. The Hall–Kier alpha value is -2.95. The van der Waals surface area contributed by atoms with E-state index in [0.717, 1.165) is 16.0 Å². The fourth-order valence-electron chi connectivity index (χ4n) is 3.99. The van der Waals surface area contributed by atoms with Crippen LogP contribution in [0, 0.1) is 18.8 Å². The van der Waals surface area contributed by atoms with E-state index in [2.05, 4.69) is 0 Å². The van der Waals surface area contributed by atoms with Crippen molar-refractivity contribution in [3.63, 3.8) is 0 Å². The number of hydrogen-bond acceptors (Lipinski definition) is 4. The van der Waals surface area contributed by atoms with Crippen LogP contribution in [0.5, 0.6) is 5.75 Å². The molecule has 0 unspecified atom stereocenters. The van der Waals surface area contributed by atoms with Gasteiger partial charge in [-0.05, 0) is 31.5 Å². The molecule has 1 fully saturated rings. The number of fused-ring (bicyclic) bond motifs is 3. The molecule has 0 spiro atoms. The van der Waals surface area contributed by atoms with Gasteiger partial charge in [-0.25, -0.2) is 4.90 Å². The highest BCUT2D eigenvalue weighted by molar-refractivity contribution is 6.23. The van der Waals surface area contributed by atoms with Crippen LogP contribution in [0.15, 0.2) is 48.5 Å². The molecule has 2 heterocycles. The molecular weight excluding hydrogens is 330 g/mol. The fraction of sp³-hybridized carbons (Fsp3) is 0.286. The number of hydrogen-bond donors (Lipinski definition) is 0. The molecule has 0 bridgehead atoms. The molecule has 0 radical (unpaired) electrons. The van der Waals surface area contributed by atoms with Crippen LogP contribution >= 0.6 is 0 Å². The molecule has 0 saturated carbocycles. The van der Waals surface area contributed by atoms with Crippen LogP contribution in [0.3, 0.4) is 0 Å². The van der Waals surface area contributed by atoms with Crippen LogP contribution < -0.4 is 9.64 Å². The topological polar surface area (TPSA) is 63.7 Å². The third-order valence-electron chi connectivity index (χ3n) is 5.29. The molecule has 2 amide bonds. The lowest BCUT2D eigenvalue weighted by Gasteiger charge is -2.42. The molecule has 132 valence electrons. The number of rotatable bonds is 2. The molecule has 0 N–H and O–H groups in total. The standard InChI is InChI=1S/C21H19NO4/c1-3-14-17-15-6-4-5-7-16(15)26-21(25)18(17)20(24)22(19(14)23)13-10-8-12(2)9-11-13/h4-11,14,17-18H,3H2,1-2H3/t14-,17+,18-/m1/s1. The minimum Gasteiger partial charge on any atom is -0.426 e. The molecule has 0 aliphatic carbocycles. The van der Waals surface area contributed by atoms with E-state index >= 15 is 0 Å². The number of nitrogens with zero attached hydrogens (tertiary/aromatic N) is 1. The van der Waals surface area contributed by atoms with Crippen LogP contribution in [-0.2, 0) is 14.4 Å². The molecule has 2 aliphatic rings. The summed E-state index contributed by atoms with van der Waals surface area (Å²) in [6, 6.07) is 14.3. The van der Waals surface area contributed by atoms with Gasteiger partial charge < -0.3 is 4.74 Å². The Morgan fingerprint density at radius 2 is 1.65 bits per heavy atom. The number of benzene rings is 2. The molecule has 4 rings (SSSR count). The normalized spacial score (nSPS) is 24.8. The quantitative estimate of drug-likeness (QED) is 0.361. The summed E-state index contributed by atoms with van der Waals surface area (Å²) in [5.41, 5.74) is 2.28. The molecule has 5 nitrogen and oxygen atoms in total. The first-order valence-electron chi connectivity index (χ1n) is 8.78. The van der Waals surface area contributed by atoms with Crippen molar-refractivity contribution in [3.8, 4) is 5.75 Å². The van der Waals surface area contributed by atoms with E-state index < -0.39 is 29.6 Å². The number of carbonyl (C=O) groups is 3. The lowest BCUT2D eigenvalue weighted by Crippen LogP contribution is -2.57. The molecule has 2 aliphatic heterocycles. The van der Waals surface area contributed by atoms with E-state index in [0.29, 0.717) is 17.9 Å². The second kappa shape index (κ2) is 6.09. The number of para-hydroxylation sites is 1. The largest absolute Gasteiger partial charge is 0.426 e. The highest BCUT2D eigenvalue weighted by atomic mass is 16.5. The number of ether oxygens (including phenoxy) is 1. The summed E-state index contributed by atoms with van der Waals surface area (Å²) in [6.07, 6.45) is 0.539. The Kier molecular flexibility index (Phi) is 3.87. The molecule has 0 aromatic heterocycles. The van der Waals surface area contributed by atoms with Gasteiger partial charge in [0.1, 0.15) is 11.7 Å². The molecule has 3 atom stereocenters. The van der Waals surface area contributed by atoms with Gasteiger partial charge in [0.25, 0.3) is 0 Å². The van der Waals surface area contributed by atoms with Gasteiger partial charge in [0.2, 0.25) is 11.8 Å². The first-order chi connectivity index (χ1) is 12.5. The zero-order chi connectivity index (χ0) is 18.4. The first kappa shape index (κ1) is 16.5. The van der Waals surface area contributed by atoms with Gasteiger partial charge in [-0.2, -0.15) is 0 Å². The highest BCUT2D eigenvalue weighted by Gasteiger charge is 2.55. The van der Waals surface area contributed by atoms with Crippen LogP contribution in [0.4, 0.5) is 5.69 Å². The average molecular weight is 349 g/mol. The summed E-state index contributed by atoms with van der Waals surface area (Å²) in [5, 5.41) is 0. The molecule has 26 heavy (non-hydrogen) atoms. The fourth-order valence-corrected chi connectivity index (χ4v) is 3.99. The number of amides is 2. The molecule has 5 heteroatoms. The predicted octanol–water partition coefficient (Wildman–Crippen LogP) is 3.21. The summed E-state index contributed by atoms with van der Waals surface area (Å²) < 4.78 is 5.41. The Morgan fingerprint density at radius 1 is 0.962 bits per heavy atom. The lowest BCUT2D eigenvalue weighted by atomic mass is 9.70. The smallest absolute Gasteiger partial charge is 0.324 e. The van der Waals surface area contributed by atoms with Crippen molar-refractivity contribution >= 4 is 23.5 Å². The van der Waals surface area contributed by atoms with Gasteiger partial charge in [0.05, 0.1) is 5.69 Å². The lowest BCUT2D eigenvalue weighted by molar-refractivity contribution is -0.151. The van der Waals surface area contributed by atoms with E-state index in [1.54, 1.807) is 24.3 Å². The minimum absolute atomic E-state index is 0.257. The number of anilines is 1. The van der Waals surface area contributed by atoms with Crippen molar-refractivity contribution in [1.29, 1.82) is 0 Å². The van der Waals surface area contributed by atoms with E-state index in [4.69, 9.17) is 4.74 Å². The summed E-state index contributed by atoms with van der Waals surface area (Å²) >= 11 is 0. The monoisotopic (exact) mass is 349 g/mol. The Morgan fingerprint density at radius 3 is 2.35 bits per heavy atom. The van der Waals surface area contributed by atoms with Crippen LogP contribution in [0.25, 0.3) is 0 Å². The van der Waals surface area contributed by atoms with E-state index in [-0.39, 0.29) is 5.91 Å². The minimum atomic E-state index is -0.992.